The van der Waals surface area contributed by atoms with Crippen LogP contribution in [0.4, 0.5) is 0 Å². The standard InChI is InChI=1S/C13H14I3N3O9/c1-18(12(23,24)25)10(21)4-6(14)3(9(17)20)7(15)5(8(4)16)11(22)19(2)13(26,27)28/h23-28H,1-2H3,(H2,17,20). The molecule has 0 aliphatic heterocycles. The maximum absolute atomic E-state index is 12.7. The molecule has 0 aliphatic rings. The quantitative estimate of drug-likeness (QED) is 0.131. The van der Waals surface area contributed by atoms with E-state index >= 15 is 0 Å². The molecular weight excluding hydrogens is 723 g/mol. The molecule has 3 amide bonds. The molecule has 1 aromatic rings. The molecule has 0 aromatic heterocycles. The molecule has 156 valence electrons. The highest BCUT2D eigenvalue weighted by Gasteiger charge is 2.39. The third-order valence-corrected chi connectivity index (χ3v) is 6.74. The minimum Gasteiger partial charge on any atom is -0.366 e. The van der Waals surface area contributed by atoms with Crippen molar-refractivity contribution in [1.29, 1.82) is 0 Å². The van der Waals surface area contributed by atoms with Crippen LogP contribution < -0.4 is 5.73 Å². The summed E-state index contributed by atoms with van der Waals surface area (Å²) in [7, 11) is 1.68. The first-order valence-electron chi connectivity index (χ1n) is 6.85. The molecule has 28 heavy (non-hydrogen) atoms. The van der Waals surface area contributed by atoms with Gasteiger partial charge in [-0.2, -0.15) is 0 Å². The topological polar surface area (TPSA) is 205 Å². The van der Waals surface area contributed by atoms with Gasteiger partial charge in [-0.25, -0.2) is 0 Å². The summed E-state index contributed by atoms with van der Waals surface area (Å²) < 4.78 is -0.247. The second kappa shape index (κ2) is 8.75. The number of carbonyl (C=O) groups is 3. The number of aliphatic hydroxyl groups is 6. The number of nitrogens with two attached hydrogens (primary N) is 1. The Bertz CT molecular complexity index is 789. The van der Waals surface area contributed by atoms with E-state index in [0.717, 1.165) is 14.1 Å². The molecule has 0 radical (unpaired) electrons. The van der Waals surface area contributed by atoms with Gasteiger partial charge in [0.25, 0.3) is 17.7 Å². The van der Waals surface area contributed by atoms with Crippen molar-refractivity contribution >= 4 is 85.5 Å². The Morgan fingerprint density at radius 1 is 0.714 bits per heavy atom. The zero-order chi connectivity index (χ0) is 22.4. The van der Waals surface area contributed by atoms with E-state index in [9.17, 15) is 45.0 Å². The van der Waals surface area contributed by atoms with E-state index in [-0.39, 0.29) is 26.1 Å². The number of nitrogens with zero attached hydrogens (tertiary/aromatic N) is 2. The van der Waals surface area contributed by atoms with Crippen LogP contribution >= 0.6 is 67.8 Å². The Morgan fingerprint density at radius 3 is 1.18 bits per heavy atom. The molecule has 0 heterocycles. The summed E-state index contributed by atoms with van der Waals surface area (Å²) in [5, 5.41) is 55.5. The van der Waals surface area contributed by atoms with Crippen molar-refractivity contribution in [3.8, 4) is 0 Å². The van der Waals surface area contributed by atoms with Gasteiger partial charge in [0, 0.05) is 24.8 Å². The van der Waals surface area contributed by atoms with Crippen molar-refractivity contribution in [2.45, 2.75) is 12.2 Å². The van der Waals surface area contributed by atoms with Crippen molar-refractivity contribution < 1.29 is 45.0 Å². The number of amides is 3. The van der Waals surface area contributed by atoms with Crippen LogP contribution in [0.5, 0.6) is 0 Å². The fraction of sp³-hybridized carbons (Fsp3) is 0.308. The van der Waals surface area contributed by atoms with Gasteiger partial charge in [0.2, 0.25) is 0 Å². The highest BCUT2D eigenvalue weighted by molar-refractivity contribution is 14.1. The SMILES string of the molecule is CN(C(=O)c1c(I)c(C(N)=O)c(I)c(C(=O)N(C)C(O)(O)O)c1I)C(O)(O)O. The molecule has 0 bridgehead atoms. The summed E-state index contributed by atoms with van der Waals surface area (Å²) in [6.45, 7) is 0. The van der Waals surface area contributed by atoms with Crippen LogP contribution in [0.1, 0.15) is 31.1 Å². The summed E-state index contributed by atoms with van der Waals surface area (Å²) in [5.74, 6) is -3.43. The highest BCUT2D eigenvalue weighted by Crippen LogP contribution is 2.34. The van der Waals surface area contributed by atoms with Gasteiger partial charge in [-0.3, -0.25) is 24.2 Å². The smallest absolute Gasteiger partial charge is 0.366 e. The average Bonchev–Trinajstić information content (AvgIpc) is 2.50. The zero-order valence-corrected chi connectivity index (χ0v) is 20.5. The first kappa shape index (κ1) is 25.6. The Labute approximate surface area is 198 Å². The largest absolute Gasteiger partial charge is 0.371 e. The third-order valence-electron chi connectivity index (χ3n) is 3.50. The first-order chi connectivity index (χ1) is 12.4. The molecule has 1 rings (SSSR count). The Balaban J connectivity index is 3.91. The van der Waals surface area contributed by atoms with Crippen molar-refractivity contribution in [2.75, 3.05) is 14.1 Å². The van der Waals surface area contributed by atoms with E-state index < -0.39 is 41.0 Å². The lowest BCUT2D eigenvalue weighted by Crippen LogP contribution is -2.51. The van der Waals surface area contributed by atoms with Gasteiger partial charge in [-0.05, 0) is 67.8 Å². The first-order valence-corrected chi connectivity index (χ1v) is 10.1. The molecule has 8 N–H and O–H groups in total. The molecule has 0 saturated heterocycles. The zero-order valence-electron chi connectivity index (χ0n) is 14.0. The fourth-order valence-electron chi connectivity index (χ4n) is 1.86. The van der Waals surface area contributed by atoms with Crippen molar-refractivity contribution in [3.63, 3.8) is 0 Å². The van der Waals surface area contributed by atoms with Crippen LogP contribution in [0.2, 0.25) is 0 Å². The van der Waals surface area contributed by atoms with Gasteiger partial charge < -0.3 is 36.4 Å². The van der Waals surface area contributed by atoms with E-state index in [4.69, 9.17) is 5.73 Å². The van der Waals surface area contributed by atoms with Crippen LogP contribution in [0.15, 0.2) is 0 Å². The number of hydrogen-bond acceptors (Lipinski definition) is 9. The Kier molecular flexibility index (Phi) is 8.01. The third kappa shape index (κ3) is 5.00. The van der Waals surface area contributed by atoms with Crippen LogP contribution in [-0.2, 0) is 0 Å². The van der Waals surface area contributed by atoms with E-state index in [1.54, 1.807) is 45.2 Å². The number of benzene rings is 1. The minimum absolute atomic E-state index is 0.0533. The van der Waals surface area contributed by atoms with Gasteiger partial charge in [0.1, 0.15) is 0 Å². The van der Waals surface area contributed by atoms with Crippen molar-refractivity contribution in [3.05, 3.63) is 27.4 Å². The predicted molar refractivity (Wildman–Crippen MR) is 116 cm³/mol. The normalized spacial score (nSPS) is 12.0. The molecule has 0 atom stereocenters. The van der Waals surface area contributed by atoms with Crippen LogP contribution in [0, 0.1) is 10.7 Å². The number of halogens is 3. The summed E-state index contributed by atoms with van der Waals surface area (Å²) in [4.78, 5) is 37.5. The molecule has 0 spiro atoms. The van der Waals surface area contributed by atoms with Crippen LogP contribution in [0.25, 0.3) is 0 Å². The maximum Gasteiger partial charge on any atom is 0.371 e. The van der Waals surface area contributed by atoms with Crippen LogP contribution in [-0.4, -0.2) is 84.5 Å². The average molecular weight is 737 g/mol. The number of rotatable bonds is 5. The Morgan fingerprint density at radius 2 is 0.964 bits per heavy atom. The highest BCUT2D eigenvalue weighted by atomic mass is 127. The van der Waals surface area contributed by atoms with E-state index in [0.29, 0.717) is 0 Å². The van der Waals surface area contributed by atoms with Gasteiger partial charge in [0.05, 0.1) is 16.7 Å². The van der Waals surface area contributed by atoms with Crippen molar-refractivity contribution in [2.24, 2.45) is 5.73 Å². The lowest BCUT2D eigenvalue weighted by Gasteiger charge is -2.29. The van der Waals surface area contributed by atoms with Gasteiger partial charge in [-0.1, -0.05) is 0 Å². The van der Waals surface area contributed by atoms with Gasteiger partial charge >= 0.3 is 12.2 Å². The summed E-state index contributed by atoms with van der Waals surface area (Å²) >= 11 is 4.70. The number of primary amides is 1. The molecule has 1 aromatic carbocycles. The predicted octanol–water partition coefficient (Wildman–Crippen LogP) is -2.08. The Hall–Kier alpha value is -0.420. The second-order valence-electron chi connectivity index (χ2n) is 5.36. The molecule has 0 fully saturated rings. The minimum atomic E-state index is -3.55. The lowest BCUT2D eigenvalue weighted by molar-refractivity contribution is -0.374. The summed E-state index contributed by atoms with van der Waals surface area (Å²) in [5.41, 5.74) is 4.26. The molecule has 0 unspecified atom stereocenters. The fourth-order valence-corrected chi connectivity index (χ4v) is 6.48. The maximum atomic E-state index is 12.7. The van der Waals surface area contributed by atoms with E-state index in [1.165, 1.54) is 22.6 Å². The molecule has 0 saturated carbocycles. The monoisotopic (exact) mass is 737 g/mol. The molecule has 12 nitrogen and oxygen atoms in total. The van der Waals surface area contributed by atoms with E-state index in [1.807, 2.05) is 0 Å². The van der Waals surface area contributed by atoms with E-state index in [2.05, 4.69) is 0 Å². The van der Waals surface area contributed by atoms with Gasteiger partial charge in [0.15, 0.2) is 0 Å². The van der Waals surface area contributed by atoms with Crippen molar-refractivity contribution in [1.82, 2.24) is 9.80 Å². The summed E-state index contributed by atoms with van der Waals surface area (Å²) in [6, 6.07) is 0. The second-order valence-corrected chi connectivity index (χ2v) is 8.60. The lowest BCUT2D eigenvalue weighted by atomic mass is 10.0. The molecule has 0 aliphatic carbocycles. The summed E-state index contributed by atoms with van der Waals surface area (Å²) in [6.07, 6.45) is -7.09. The molecular formula is C13H14I3N3O9. The number of hydrogen-bond donors (Lipinski definition) is 7. The van der Waals surface area contributed by atoms with Gasteiger partial charge in [-0.15, -0.1) is 0 Å². The van der Waals surface area contributed by atoms with Crippen LogP contribution in [0.3, 0.4) is 0 Å². The molecule has 15 heteroatoms. The number of carbonyl (C=O) groups excluding carboxylic acids is 3.